The molecule has 2 aromatic rings. The lowest BCUT2D eigenvalue weighted by Crippen LogP contribution is -2.17. The predicted octanol–water partition coefficient (Wildman–Crippen LogP) is 3.99. The summed E-state index contributed by atoms with van der Waals surface area (Å²) in [6, 6.07) is 12.0. The Morgan fingerprint density at radius 1 is 1.21 bits per heavy atom. The van der Waals surface area contributed by atoms with E-state index in [4.69, 9.17) is 18.0 Å². The van der Waals surface area contributed by atoms with E-state index in [2.05, 4.69) is 15.9 Å². The summed E-state index contributed by atoms with van der Waals surface area (Å²) in [5, 5.41) is 0. The first kappa shape index (κ1) is 14.0. The van der Waals surface area contributed by atoms with Crippen LogP contribution in [0.5, 0.6) is 0 Å². The Bertz CT molecular complexity index is 613. The van der Waals surface area contributed by atoms with Gasteiger partial charge >= 0.3 is 0 Å². The topological polar surface area (TPSA) is 29.3 Å². The van der Waals surface area contributed by atoms with Gasteiger partial charge in [-0.1, -0.05) is 28.1 Å². The fraction of sp³-hybridized carbons (Fsp3) is 0.0714. The van der Waals surface area contributed by atoms with E-state index >= 15 is 0 Å². The Hall–Kier alpha value is -1.46. The van der Waals surface area contributed by atoms with Crippen molar-refractivity contribution in [2.24, 2.45) is 5.73 Å². The molecule has 2 nitrogen and oxygen atoms in total. The third-order valence-corrected chi connectivity index (χ3v) is 3.51. The van der Waals surface area contributed by atoms with Crippen molar-refractivity contribution in [1.29, 1.82) is 0 Å². The van der Waals surface area contributed by atoms with Crippen LogP contribution in [0.4, 0.5) is 15.8 Å². The molecule has 0 unspecified atom stereocenters. The third-order valence-electron chi connectivity index (χ3n) is 2.80. The normalized spacial score (nSPS) is 10.3. The minimum Gasteiger partial charge on any atom is -0.389 e. The highest BCUT2D eigenvalue weighted by molar-refractivity contribution is 9.10. The van der Waals surface area contributed by atoms with Crippen LogP contribution in [-0.4, -0.2) is 12.0 Å². The molecule has 0 fully saturated rings. The molecule has 0 bridgehead atoms. The number of nitrogens with zero attached hydrogens (tertiary/aromatic N) is 1. The van der Waals surface area contributed by atoms with E-state index in [0.717, 1.165) is 21.4 Å². The highest BCUT2D eigenvalue weighted by Gasteiger charge is 2.11. The van der Waals surface area contributed by atoms with Crippen molar-refractivity contribution in [1.82, 2.24) is 0 Å². The van der Waals surface area contributed by atoms with E-state index in [1.54, 1.807) is 12.1 Å². The van der Waals surface area contributed by atoms with Crippen LogP contribution in [0.25, 0.3) is 0 Å². The summed E-state index contributed by atoms with van der Waals surface area (Å²) in [6.45, 7) is 0. The molecule has 0 saturated carbocycles. The molecular weight excluding hydrogens is 327 g/mol. The summed E-state index contributed by atoms with van der Waals surface area (Å²) in [5.74, 6) is -0.262. The summed E-state index contributed by atoms with van der Waals surface area (Å²) < 4.78 is 13.9. The lowest BCUT2D eigenvalue weighted by atomic mass is 10.1. The van der Waals surface area contributed by atoms with Gasteiger partial charge in [0.1, 0.15) is 10.8 Å². The van der Waals surface area contributed by atoms with Gasteiger partial charge in [-0.15, -0.1) is 0 Å². The first-order valence-electron chi connectivity index (χ1n) is 5.57. The number of rotatable bonds is 3. The minimum atomic E-state index is -0.262. The molecule has 2 aromatic carbocycles. The number of benzene rings is 2. The molecule has 0 spiro atoms. The average Bonchev–Trinajstić information content (AvgIpc) is 2.38. The predicted molar refractivity (Wildman–Crippen MR) is 84.5 cm³/mol. The van der Waals surface area contributed by atoms with Crippen molar-refractivity contribution in [3.63, 3.8) is 0 Å². The maximum atomic E-state index is 12.9. The van der Waals surface area contributed by atoms with Gasteiger partial charge in [-0.3, -0.25) is 0 Å². The second kappa shape index (κ2) is 5.67. The van der Waals surface area contributed by atoms with Crippen molar-refractivity contribution in [3.05, 3.63) is 58.3 Å². The fourth-order valence-electron chi connectivity index (χ4n) is 1.80. The lowest BCUT2D eigenvalue weighted by Gasteiger charge is -2.22. The molecule has 19 heavy (non-hydrogen) atoms. The molecule has 0 aliphatic rings. The smallest absolute Gasteiger partial charge is 0.123 e. The zero-order valence-corrected chi connectivity index (χ0v) is 12.6. The molecule has 0 radical (unpaired) electrons. The number of hydrogen-bond acceptors (Lipinski definition) is 2. The first-order chi connectivity index (χ1) is 8.99. The first-order valence-corrected chi connectivity index (χ1v) is 6.78. The highest BCUT2D eigenvalue weighted by Crippen LogP contribution is 2.29. The Morgan fingerprint density at radius 3 is 2.42 bits per heavy atom. The number of halogens is 2. The van der Waals surface area contributed by atoms with Crippen LogP contribution in [0.2, 0.25) is 0 Å². The molecule has 0 heterocycles. The van der Waals surface area contributed by atoms with E-state index in [1.165, 1.54) is 12.1 Å². The maximum Gasteiger partial charge on any atom is 0.123 e. The maximum absolute atomic E-state index is 12.9. The Kier molecular flexibility index (Phi) is 4.17. The Morgan fingerprint density at radius 2 is 1.84 bits per heavy atom. The second-order valence-electron chi connectivity index (χ2n) is 4.06. The van der Waals surface area contributed by atoms with Crippen molar-refractivity contribution < 1.29 is 4.39 Å². The van der Waals surface area contributed by atoms with Crippen LogP contribution in [0.1, 0.15) is 5.56 Å². The number of thiocarbonyl (C=S) groups is 1. The zero-order valence-electron chi connectivity index (χ0n) is 10.2. The van der Waals surface area contributed by atoms with Crippen molar-refractivity contribution >= 4 is 44.5 Å². The molecule has 2 N–H and O–H groups in total. The van der Waals surface area contributed by atoms with Gasteiger partial charge in [0, 0.05) is 22.8 Å². The third kappa shape index (κ3) is 3.11. The van der Waals surface area contributed by atoms with E-state index < -0.39 is 0 Å². The van der Waals surface area contributed by atoms with Gasteiger partial charge in [0.2, 0.25) is 0 Å². The zero-order chi connectivity index (χ0) is 14.0. The van der Waals surface area contributed by atoms with Crippen molar-refractivity contribution in [2.75, 3.05) is 11.9 Å². The van der Waals surface area contributed by atoms with Crippen LogP contribution in [0.3, 0.4) is 0 Å². The molecule has 0 saturated heterocycles. The molecular formula is C14H12BrFN2S. The van der Waals surface area contributed by atoms with E-state index in [1.807, 2.05) is 30.1 Å². The standard InChI is InChI=1S/C14H12BrFN2S/c1-18(11-5-3-10(16)4-6-11)13-7-2-9(15)8-12(13)14(17)19/h2-8H,1H3,(H2,17,19). The monoisotopic (exact) mass is 338 g/mol. The van der Waals surface area contributed by atoms with Gasteiger partial charge in [-0.25, -0.2) is 4.39 Å². The number of hydrogen-bond donors (Lipinski definition) is 1. The Labute approximate surface area is 125 Å². The van der Waals surface area contributed by atoms with Gasteiger partial charge in [-0.2, -0.15) is 0 Å². The molecule has 5 heteroatoms. The molecule has 0 aromatic heterocycles. The van der Waals surface area contributed by atoms with Gasteiger partial charge in [0.05, 0.1) is 5.69 Å². The summed E-state index contributed by atoms with van der Waals surface area (Å²) in [4.78, 5) is 2.24. The lowest BCUT2D eigenvalue weighted by molar-refractivity contribution is 0.628. The van der Waals surface area contributed by atoms with Crippen LogP contribution in [0, 0.1) is 5.82 Å². The quantitative estimate of drug-likeness (QED) is 0.858. The molecule has 2 rings (SSSR count). The van der Waals surface area contributed by atoms with Gasteiger partial charge < -0.3 is 10.6 Å². The molecule has 0 aliphatic heterocycles. The number of nitrogens with two attached hydrogens (primary N) is 1. The fourth-order valence-corrected chi connectivity index (χ4v) is 2.33. The average molecular weight is 339 g/mol. The van der Waals surface area contributed by atoms with Gasteiger partial charge in [0.15, 0.2) is 0 Å². The molecule has 98 valence electrons. The summed E-state index contributed by atoms with van der Waals surface area (Å²) in [5.41, 5.74) is 8.26. The minimum absolute atomic E-state index is 0.262. The van der Waals surface area contributed by atoms with Crippen LogP contribution < -0.4 is 10.6 Å². The Balaban J connectivity index is 2.46. The second-order valence-corrected chi connectivity index (χ2v) is 5.42. The van der Waals surface area contributed by atoms with Crippen LogP contribution in [-0.2, 0) is 0 Å². The van der Waals surface area contributed by atoms with E-state index in [9.17, 15) is 4.39 Å². The number of anilines is 2. The molecule has 0 aliphatic carbocycles. The van der Waals surface area contributed by atoms with E-state index in [-0.39, 0.29) is 5.82 Å². The van der Waals surface area contributed by atoms with Gasteiger partial charge in [-0.05, 0) is 42.5 Å². The molecule has 0 amide bonds. The van der Waals surface area contributed by atoms with Crippen molar-refractivity contribution in [2.45, 2.75) is 0 Å². The SMILES string of the molecule is CN(c1ccc(F)cc1)c1ccc(Br)cc1C(N)=S. The highest BCUT2D eigenvalue weighted by atomic mass is 79.9. The summed E-state index contributed by atoms with van der Waals surface area (Å²) in [6.07, 6.45) is 0. The van der Waals surface area contributed by atoms with Crippen LogP contribution in [0.15, 0.2) is 46.9 Å². The van der Waals surface area contributed by atoms with Crippen LogP contribution >= 0.6 is 28.1 Å². The van der Waals surface area contributed by atoms with E-state index in [0.29, 0.717) is 4.99 Å². The van der Waals surface area contributed by atoms with Crippen molar-refractivity contribution in [3.8, 4) is 0 Å². The summed E-state index contributed by atoms with van der Waals surface area (Å²) >= 11 is 8.47. The molecule has 0 atom stereocenters. The summed E-state index contributed by atoms with van der Waals surface area (Å²) in [7, 11) is 1.89. The van der Waals surface area contributed by atoms with Gasteiger partial charge in [0.25, 0.3) is 0 Å². The largest absolute Gasteiger partial charge is 0.389 e.